The fraction of sp³-hybridized carbons (Fsp3) is 0.381. The Morgan fingerprint density at radius 2 is 2.12 bits per heavy atom. The van der Waals surface area contributed by atoms with E-state index in [4.69, 9.17) is 4.98 Å². The summed E-state index contributed by atoms with van der Waals surface area (Å²) in [6, 6.07) is 10.0. The third-order valence-corrected chi connectivity index (χ3v) is 5.31. The summed E-state index contributed by atoms with van der Waals surface area (Å²) in [5, 5.41) is 0. The van der Waals surface area contributed by atoms with Crippen molar-refractivity contribution in [2.75, 3.05) is 13.1 Å². The molecule has 1 atom stereocenters. The first-order valence-electron chi connectivity index (χ1n) is 9.26. The van der Waals surface area contributed by atoms with E-state index in [1.54, 1.807) is 0 Å². The van der Waals surface area contributed by atoms with E-state index in [-0.39, 0.29) is 11.8 Å². The third-order valence-electron chi connectivity index (χ3n) is 5.31. The van der Waals surface area contributed by atoms with Crippen molar-refractivity contribution in [3.05, 3.63) is 59.0 Å². The van der Waals surface area contributed by atoms with Crippen LogP contribution in [0, 0.1) is 13.8 Å². The van der Waals surface area contributed by atoms with Crippen LogP contribution in [0.5, 0.6) is 0 Å². The Kier molecular flexibility index (Phi) is 4.23. The van der Waals surface area contributed by atoms with Gasteiger partial charge in [-0.15, -0.1) is 0 Å². The SMILES string of the molecule is CCn1c([C@H]2CCN(C(=O)c3cc(C)ccc3C)C2)nc2cccnc21. The number of pyridine rings is 1. The zero-order valence-electron chi connectivity index (χ0n) is 15.6. The molecule has 134 valence electrons. The Balaban J connectivity index is 1.61. The summed E-state index contributed by atoms with van der Waals surface area (Å²) in [6.45, 7) is 8.48. The molecule has 1 saturated heterocycles. The van der Waals surface area contributed by atoms with Crippen LogP contribution in [0.25, 0.3) is 11.2 Å². The van der Waals surface area contributed by atoms with Crippen molar-refractivity contribution in [2.45, 2.75) is 39.7 Å². The smallest absolute Gasteiger partial charge is 0.254 e. The molecule has 5 heteroatoms. The van der Waals surface area contributed by atoms with Gasteiger partial charge in [-0.1, -0.05) is 17.7 Å². The van der Waals surface area contributed by atoms with Crippen LogP contribution < -0.4 is 0 Å². The van der Waals surface area contributed by atoms with Gasteiger partial charge in [-0.3, -0.25) is 4.79 Å². The summed E-state index contributed by atoms with van der Waals surface area (Å²) in [6.07, 6.45) is 2.75. The number of benzene rings is 1. The van der Waals surface area contributed by atoms with Gasteiger partial charge in [0.2, 0.25) is 0 Å². The molecule has 1 aliphatic rings. The lowest BCUT2D eigenvalue weighted by Gasteiger charge is -2.18. The normalized spacial score (nSPS) is 17.2. The monoisotopic (exact) mass is 348 g/mol. The van der Waals surface area contributed by atoms with Crippen LogP contribution in [-0.4, -0.2) is 38.4 Å². The molecule has 1 aliphatic heterocycles. The molecule has 4 rings (SSSR count). The number of fused-ring (bicyclic) bond motifs is 1. The molecule has 0 bridgehead atoms. The minimum absolute atomic E-state index is 0.131. The zero-order valence-corrected chi connectivity index (χ0v) is 15.6. The van der Waals surface area contributed by atoms with Gasteiger partial charge in [-0.2, -0.15) is 0 Å². The van der Waals surface area contributed by atoms with Crippen LogP contribution in [0.15, 0.2) is 36.5 Å². The van der Waals surface area contributed by atoms with Crippen LogP contribution in [0.2, 0.25) is 0 Å². The molecule has 0 aliphatic carbocycles. The van der Waals surface area contributed by atoms with Crippen molar-refractivity contribution in [1.29, 1.82) is 0 Å². The topological polar surface area (TPSA) is 51.0 Å². The fourth-order valence-corrected chi connectivity index (χ4v) is 3.89. The second-order valence-electron chi connectivity index (χ2n) is 7.12. The molecular weight excluding hydrogens is 324 g/mol. The molecule has 2 aromatic heterocycles. The third kappa shape index (κ3) is 2.77. The number of aromatic nitrogens is 3. The van der Waals surface area contributed by atoms with Crippen LogP contribution in [0.4, 0.5) is 0 Å². The van der Waals surface area contributed by atoms with Crippen molar-refractivity contribution >= 4 is 17.1 Å². The van der Waals surface area contributed by atoms with Crippen LogP contribution in [0.3, 0.4) is 0 Å². The quantitative estimate of drug-likeness (QED) is 0.725. The molecule has 5 nitrogen and oxygen atoms in total. The Bertz CT molecular complexity index is 975. The summed E-state index contributed by atoms with van der Waals surface area (Å²) in [5.41, 5.74) is 4.84. The van der Waals surface area contributed by atoms with E-state index >= 15 is 0 Å². The lowest BCUT2D eigenvalue weighted by Crippen LogP contribution is -2.29. The van der Waals surface area contributed by atoms with E-state index in [2.05, 4.69) is 22.5 Å². The fourth-order valence-electron chi connectivity index (χ4n) is 3.89. The van der Waals surface area contributed by atoms with Gasteiger partial charge >= 0.3 is 0 Å². The second kappa shape index (κ2) is 6.56. The number of likely N-dealkylation sites (tertiary alicyclic amines) is 1. The molecule has 1 aromatic carbocycles. The number of aryl methyl sites for hydroxylation is 3. The molecule has 0 radical (unpaired) electrons. The van der Waals surface area contributed by atoms with E-state index in [1.165, 1.54) is 0 Å². The lowest BCUT2D eigenvalue weighted by atomic mass is 10.0. The maximum absolute atomic E-state index is 13.0. The minimum atomic E-state index is 0.131. The average molecular weight is 348 g/mol. The molecule has 3 aromatic rings. The van der Waals surface area contributed by atoms with Crippen LogP contribution in [-0.2, 0) is 6.54 Å². The summed E-state index contributed by atoms with van der Waals surface area (Å²) in [7, 11) is 0. The van der Waals surface area contributed by atoms with E-state index < -0.39 is 0 Å². The highest BCUT2D eigenvalue weighted by Crippen LogP contribution is 2.30. The molecular formula is C21H24N4O. The summed E-state index contributed by atoms with van der Waals surface area (Å²) in [4.78, 5) is 24.3. The Hall–Kier alpha value is -2.69. The zero-order chi connectivity index (χ0) is 18.3. The molecule has 0 spiro atoms. The van der Waals surface area contributed by atoms with Crippen molar-refractivity contribution in [3.63, 3.8) is 0 Å². The predicted octanol–water partition coefficient (Wildman–Crippen LogP) is 3.70. The molecule has 1 fully saturated rings. The molecule has 0 unspecified atom stereocenters. The van der Waals surface area contributed by atoms with Crippen LogP contribution >= 0.6 is 0 Å². The molecule has 26 heavy (non-hydrogen) atoms. The van der Waals surface area contributed by atoms with Gasteiger partial charge in [0, 0.05) is 37.3 Å². The van der Waals surface area contributed by atoms with Gasteiger partial charge in [0.05, 0.1) is 0 Å². The number of hydrogen-bond donors (Lipinski definition) is 0. The van der Waals surface area contributed by atoms with Gasteiger partial charge in [0.1, 0.15) is 11.3 Å². The van der Waals surface area contributed by atoms with Gasteiger partial charge in [0.15, 0.2) is 5.65 Å². The van der Waals surface area contributed by atoms with Crippen molar-refractivity contribution < 1.29 is 4.79 Å². The summed E-state index contributed by atoms with van der Waals surface area (Å²) >= 11 is 0. The highest BCUT2D eigenvalue weighted by atomic mass is 16.2. The van der Waals surface area contributed by atoms with Gasteiger partial charge in [-0.25, -0.2) is 9.97 Å². The lowest BCUT2D eigenvalue weighted by molar-refractivity contribution is 0.0789. The first-order chi connectivity index (χ1) is 12.6. The van der Waals surface area contributed by atoms with Gasteiger partial charge < -0.3 is 9.47 Å². The van der Waals surface area contributed by atoms with Crippen molar-refractivity contribution in [2.24, 2.45) is 0 Å². The predicted molar refractivity (Wildman–Crippen MR) is 102 cm³/mol. The Morgan fingerprint density at radius 3 is 2.92 bits per heavy atom. The molecule has 1 amide bonds. The first kappa shape index (κ1) is 16.8. The number of carbonyl (C=O) groups excluding carboxylic acids is 1. The summed E-state index contributed by atoms with van der Waals surface area (Å²) in [5.74, 6) is 1.45. The molecule has 0 N–H and O–H groups in total. The van der Waals surface area contributed by atoms with Gasteiger partial charge in [0.25, 0.3) is 5.91 Å². The summed E-state index contributed by atoms with van der Waals surface area (Å²) < 4.78 is 2.19. The average Bonchev–Trinajstić information content (AvgIpc) is 3.27. The minimum Gasteiger partial charge on any atom is -0.338 e. The van der Waals surface area contributed by atoms with Crippen molar-refractivity contribution in [1.82, 2.24) is 19.4 Å². The number of carbonyl (C=O) groups is 1. The maximum atomic E-state index is 13.0. The Morgan fingerprint density at radius 1 is 1.27 bits per heavy atom. The highest BCUT2D eigenvalue weighted by Gasteiger charge is 2.31. The standard InChI is InChI=1S/C21H24N4O/c1-4-25-19(23-18-6-5-10-22-20(18)25)16-9-11-24(13-16)21(26)17-12-14(2)7-8-15(17)3/h5-8,10,12,16H,4,9,11,13H2,1-3H3/t16-/m0/s1. The number of imidazole rings is 1. The van der Waals surface area contributed by atoms with Crippen LogP contribution in [0.1, 0.15) is 46.6 Å². The van der Waals surface area contributed by atoms with Crippen molar-refractivity contribution in [3.8, 4) is 0 Å². The number of amides is 1. The van der Waals surface area contributed by atoms with E-state index in [1.807, 2.05) is 49.2 Å². The first-order valence-corrected chi connectivity index (χ1v) is 9.26. The highest BCUT2D eigenvalue weighted by molar-refractivity contribution is 5.96. The van der Waals surface area contributed by atoms with Gasteiger partial charge in [-0.05, 0) is 51.0 Å². The molecule has 0 saturated carbocycles. The Labute approximate surface area is 153 Å². The largest absolute Gasteiger partial charge is 0.338 e. The number of hydrogen-bond acceptors (Lipinski definition) is 3. The second-order valence-corrected chi connectivity index (χ2v) is 7.12. The van der Waals surface area contributed by atoms with E-state index in [9.17, 15) is 4.79 Å². The molecule has 3 heterocycles. The van der Waals surface area contributed by atoms with E-state index in [0.29, 0.717) is 0 Å². The number of nitrogens with zero attached hydrogens (tertiary/aromatic N) is 4. The maximum Gasteiger partial charge on any atom is 0.254 e. The number of rotatable bonds is 3. The van der Waals surface area contributed by atoms with E-state index in [0.717, 1.165) is 59.7 Å².